The number of thiazole rings is 1. The lowest BCUT2D eigenvalue weighted by Crippen LogP contribution is -2.39. The Bertz CT molecular complexity index is 1250. The number of benzene rings is 1. The first-order chi connectivity index (χ1) is 17.9. The number of anilines is 2. The number of rotatable bonds is 10. The number of carbonyl (C=O) groups is 2. The Morgan fingerprint density at radius 1 is 1.03 bits per heavy atom. The standard InChI is InChI=1S/C28H33N5O3S/c1-32(2)25-16-29-23(15-30-25)21-9-5-6-10-22(21)24-17-37-28(31-24)33(20-11-12-20)27(36)19(14-26(34)35)13-18-7-3-4-8-18/h5-6,9-10,15-20H,3-4,7-8,11-14H2,1-2H3,(H,34,35)/t19-/m1/s1. The van der Waals surface area contributed by atoms with Crippen molar-refractivity contribution in [1.29, 1.82) is 0 Å². The number of aliphatic carboxylic acids is 1. The molecule has 1 atom stereocenters. The molecule has 8 nitrogen and oxygen atoms in total. The van der Waals surface area contributed by atoms with E-state index >= 15 is 0 Å². The van der Waals surface area contributed by atoms with Gasteiger partial charge in [-0.1, -0.05) is 49.9 Å². The Morgan fingerprint density at radius 3 is 2.32 bits per heavy atom. The minimum atomic E-state index is -0.915. The molecular weight excluding hydrogens is 486 g/mol. The van der Waals surface area contributed by atoms with Gasteiger partial charge in [0.15, 0.2) is 5.13 Å². The molecule has 194 valence electrons. The van der Waals surface area contributed by atoms with Gasteiger partial charge in [-0.2, -0.15) is 0 Å². The first-order valence-electron chi connectivity index (χ1n) is 13.0. The second-order valence-electron chi connectivity index (χ2n) is 10.3. The molecule has 0 aliphatic heterocycles. The van der Waals surface area contributed by atoms with Gasteiger partial charge in [-0.3, -0.25) is 19.5 Å². The topological polar surface area (TPSA) is 99.5 Å². The summed E-state index contributed by atoms with van der Waals surface area (Å²) < 4.78 is 0. The maximum absolute atomic E-state index is 13.8. The SMILES string of the molecule is CN(C)c1cnc(-c2ccccc2-c2csc(N(C(=O)[C@@H](CC(=O)O)CC3CCCC3)C3CC3)n2)cn1. The largest absolute Gasteiger partial charge is 0.481 e. The van der Waals surface area contributed by atoms with Crippen molar-refractivity contribution >= 4 is 34.2 Å². The van der Waals surface area contributed by atoms with Crippen molar-refractivity contribution in [1.82, 2.24) is 15.0 Å². The van der Waals surface area contributed by atoms with E-state index in [2.05, 4.69) is 9.97 Å². The molecule has 2 aliphatic rings. The first kappa shape index (κ1) is 25.3. The summed E-state index contributed by atoms with van der Waals surface area (Å²) in [7, 11) is 3.85. The molecule has 0 spiro atoms. The molecule has 37 heavy (non-hydrogen) atoms. The van der Waals surface area contributed by atoms with Gasteiger partial charge in [0, 0.05) is 42.6 Å². The van der Waals surface area contributed by atoms with Gasteiger partial charge in [-0.25, -0.2) is 9.97 Å². The third-order valence-corrected chi connectivity index (χ3v) is 8.13. The molecule has 3 aromatic rings. The van der Waals surface area contributed by atoms with Crippen LogP contribution in [0, 0.1) is 11.8 Å². The normalized spacial score (nSPS) is 16.5. The summed E-state index contributed by atoms with van der Waals surface area (Å²) in [6, 6.07) is 8.04. The molecule has 0 unspecified atom stereocenters. The van der Waals surface area contributed by atoms with Gasteiger partial charge in [0.1, 0.15) is 5.82 Å². The van der Waals surface area contributed by atoms with E-state index in [4.69, 9.17) is 4.98 Å². The molecule has 2 heterocycles. The van der Waals surface area contributed by atoms with E-state index in [9.17, 15) is 14.7 Å². The summed E-state index contributed by atoms with van der Waals surface area (Å²) in [5, 5.41) is 12.2. The van der Waals surface area contributed by atoms with Crippen molar-refractivity contribution in [3.05, 3.63) is 42.0 Å². The predicted molar refractivity (Wildman–Crippen MR) is 146 cm³/mol. The zero-order valence-corrected chi connectivity index (χ0v) is 22.2. The first-order valence-corrected chi connectivity index (χ1v) is 13.9. The van der Waals surface area contributed by atoms with E-state index < -0.39 is 11.9 Å². The molecule has 1 aromatic carbocycles. The molecular formula is C28H33N5O3S. The lowest BCUT2D eigenvalue weighted by atomic mass is 9.90. The molecule has 5 rings (SSSR count). The summed E-state index contributed by atoms with van der Waals surface area (Å²) in [5.41, 5.74) is 3.38. The molecule has 2 aromatic heterocycles. The molecule has 0 saturated heterocycles. The summed E-state index contributed by atoms with van der Waals surface area (Å²) in [6.07, 6.45) is 10.4. The maximum Gasteiger partial charge on any atom is 0.304 e. The van der Waals surface area contributed by atoms with Crippen molar-refractivity contribution in [2.75, 3.05) is 23.9 Å². The second kappa shape index (κ2) is 11.0. The van der Waals surface area contributed by atoms with E-state index in [-0.39, 0.29) is 18.4 Å². The van der Waals surface area contributed by atoms with Crippen LogP contribution in [0.2, 0.25) is 0 Å². The second-order valence-corrected chi connectivity index (χ2v) is 11.2. The summed E-state index contributed by atoms with van der Waals surface area (Å²) in [6.45, 7) is 0. The van der Waals surface area contributed by atoms with Crippen LogP contribution in [0.25, 0.3) is 22.5 Å². The van der Waals surface area contributed by atoms with Crippen molar-refractivity contribution < 1.29 is 14.7 Å². The summed E-state index contributed by atoms with van der Waals surface area (Å²) in [5.74, 6) is -0.290. The van der Waals surface area contributed by atoms with Gasteiger partial charge in [0.2, 0.25) is 5.91 Å². The molecule has 2 fully saturated rings. The van der Waals surface area contributed by atoms with Gasteiger partial charge in [-0.05, 0) is 25.2 Å². The zero-order chi connectivity index (χ0) is 25.9. The number of amides is 1. The Labute approximate surface area is 221 Å². The van der Waals surface area contributed by atoms with Crippen LogP contribution in [0.5, 0.6) is 0 Å². The molecule has 0 radical (unpaired) electrons. The van der Waals surface area contributed by atoms with Gasteiger partial charge in [0.25, 0.3) is 0 Å². The highest BCUT2D eigenvalue weighted by molar-refractivity contribution is 7.14. The van der Waals surface area contributed by atoms with Crippen LogP contribution in [0.15, 0.2) is 42.0 Å². The van der Waals surface area contributed by atoms with Crippen molar-refractivity contribution in [2.24, 2.45) is 11.8 Å². The van der Waals surface area contributed by atoms with E-state index in [1.54, 1.807) is 17.3 Å². The van der Waals surface area contributed by atoms with E-state index in [0.29, 0.717) is 17.5 Å². The number of nitrogens with zero attached hydrogens (tertiary/aromatic N) is 5. The molecule has 9 heteroatoms. The van der Waals surface area contributed by atoms with E-state index in [1.165, 1.54) is 24.2 Å². The maximum atomic E-state index is 13.8. The smallest absolute Gasteiger partial charge is 0.304 e. The van der Waals surface area contributed by atoms with E-state index in [1.807, 2.05) is 48.6 Å². The van der Waals surface area contributed by atoms with Crippen LogP contribution in [0.3, 0.4) is 0 Å². The van der Waals surface area contributed by atoms with Crippen LogP contribution in [-0.2, 0) is 9.59 Å². The molecule has 1 amide bonds. The fraction of sp³-hybridized carbons (Fsp3) is 0.464. The average molecular weight is 520 g/mol. The summed E-state index contributed by atoms with van der Waals surface area (Å²) in [4.78, 5) is 43.2. The highest BCUT2D eigenvalue weighted by Gasteiger charge is 2.40. The minimum Gasteiger partial charge on any atom is -0.481 e. The summed E-state index contributed by atoms with van der Waals surface area (Å²) >= 11 is 1.44. The number of hydrogen-bond acceptors (Lipinski definition) is 7. The van der Waals surface area contributed by atoms with Crippen molar-refractivity contribution in [3.63, 3.8) is 0 Å². The van der Waals surface area contributed by atoms with Crippen LogP contribution in [0.1, 0.15) is 51.4 Å². The fourth-order valence-corrected chi connectivity index (χ4v) is 6.11. The minimum absolute atomic E-state index is 0.0869. The Morgan fingerprint density at radius 2 is 1.73 bits per heavy atom. The molecule has 2 aliphatic carbocycles. The van der Waals surface area contributed by atoms with E-state index in [0.717, 1.165) is 54.0 Å². The lowest BCUT2D eigenvalue weighted by molar-refractivity contribution is -0.141. The Hall–Kier alpha value is -3.33. The Balaban J connectivity index is 1.43. The number of aromatic nitrogens is 3. The highest BCUT2D eigenvalue weighted by Crippen LogP contribution is 2.40. The van der Waals surface area contributed by atoms with Crippen molar-refractivity contribution in [2.45, 2.75) is 57.4 Å². The monoisotopic (exact) mass is 519 g/mol. The Kier molecular flexibility index (Phi) is 7.50. The van der Waals surface area contributed by atoms with Crippen LogP contribution >= 0.6 is 11.3 Å². The zero-order valence-electron chi connectivity index (χ0n) is 21.3. The van der Waals surface area contributed by atoms with Gasteiger partial charge in [-0.15, -0.1) is 11.3 Å². The van der Waals surface area contributed by atoms with Gasteiger partial charge >= 0.3 is 5.97 Å². The fourth-order valence-electron chi connectivity index (χ4n) is 5.21. The van der Waals surface area contributed by atoms with Crippen LogP contribution in [-0.4, -0.2) is 52.1 Å². The number of hydrogen-bond donors (Lipinski definition) is 1. The number of carboxylic acids is 1. The third kappa shape index (κ3) is 5.82. The van der Waals surface area contributed by atoms with Crippen molar-refractivity contribution in [3.8, 4) is 22.5 Å². The van der Waals surface area contributed by atoms with Gasteiger partial charge < -0.3 is 10.0 Å². The molecule has 2 saturated carbocycles. The molecule has 0 bridgehead atoms. The predicted octanol–water partition coefficient (Wildman–Crippen LogP) is 5.50. The van der Waals surface area contributed by atoms with Crippen LogP contribution in [0.4, 0.5) is 10.9 Å². The number of carboxylic acid groups (broad SMARTS) is 1. The van der Waals surface area contributed by atoms with Crippen LogP contribution < -0.4 is 9.80 Å². The quantitative estimate of drug-likeness (QED) is 0.378. The lowest BCUT2D eigenvalue weighted by Gasteiger charge is -2.26. The highest BCUT2D eigenvalue weighted by atomic mass is 32.1. The third-order valence-electron chi connectivity index (χ3n) is 7.29. The molecule has 1 N–H and O–H groups in total. The number of carbonyl (C=O) groups excluding carboxylic acids is 1. The van der Waals surface area contributed by atoms with Gasteiger partial charge in [0.05, 0.1) is 30.2 Å². The average Bonchev–Trinajstić information content (AvgIpc) is 3.36.